The van der Waals surface area contributed by atoms with Gasteiger partial charge in [0.05, 0.1) is 4.47 Å². The van der Waals surface area contributed by atoms with Crippen molar-refractivity contribution in [3.63, 3.8) is 0 Å². The first-order valence-corrected chi connectivity index (χ1v) is 7.19. The van der Waals surface area contributed by atoms with Crippen LogP contribution in [0.4, 0.5) is 4.39 Å². The summed E-state index contributed by atoms with van der Waals surface area (Å²) in [6.07, 6.45) is 4.45. The van der Waals surface area contributed by atoms with Crippen LogP contribution in [-0.4, -0.2) is 11.4 Å². The number of halogens is 3. The van der Waals surface area contributed by atoms with Gasteiger partial charge in [0.25, 0.3) is 0 Å². The molecule has 2 rings (SSSR count). The summed E-state index contributed by atoms with van der Waals surface area (Å²) in [5.41, 5.74) is 1.10. The fourth-order valence-corrected chi connectivity index (χ4v) is 2.85. The minimum atomic E-state index is -0.212. The first kappa shape index (κ1) is 13.3. The van der Waals surface area contributed by atoms with Gasteiger partial charge in [-0.1, -0.05) is 6.07 Å². The zero-order valence-electron chi connectivity index (χ0n) is 9.56. The van der Waals surface area contributed by atoms with Crippen LogP contribution in [0.25, 0.3) is 0 Å². The van der Waals surface area contributed by atoms with Crippen LogP contribution in [0.5, 0.6) is 0 Å². The molecule has 0 amide bonds. The van der Waals surface area contributed by atoms with Gasteiger partial charge >= 0.3 is 0 Å². The minimum Gasteiger partial charge on any atom is -0.310 e. The van der Waals surface area contributed by atoms with E-state index in [9.17, 15) is 4.39 Å². The lowest BCUT2D eigenvalue weighted by atomic mass is 9.95. The molecule has 0 unspecified atom stereocenters. The lowest BCUT2D eigenvalue weighted by Gasteiger charge is -2.26. The Morgan fingerprint density at radius 2 is 2.00 bits per heavy atom. The van der Waals surface area contributed by atoms with E-state index in [2.05, 4.69) is 21.2 Å². The third kappa shape index (κ3) is 3.94. The number of benzene rings is 1. The Labute approximate surface area is 115 Å². The van der Waals surface area contributed by atoms with Gasteiger partial charge in [-0.25, -0.2) is 4.39 Å². The van der Waals surface area contributed by atoms with Crippen LogP contribution in [0.2, 0.25) is 0 Å². The molecule has 0 bridgehead atoms. The molecule has 0 saturated heterocycles. The second kappa shape index (κ2) is 6.17. The lowest BCUT2D eigenvalue weighted by Crippen LogP contribution is -2.32. The van der Waals surface area contributed by atoms with E-state index in [4.69, 9.17) is 11.6 Å². The Hall–Kier alpha value is -0.120. The predicted octanol–water partition coefficient (Wildman–Crippen LogP) is 4.23. The van der Waals surface area contributed by atoms with Crippen molar-refractivity contribution < 1.29 is 4.39 Å². The van der Waals surface area contributed by atoms with Gasteiger partial charge in [-0.3, -0.25) is 0 Å². The molecule has 17 heavy (non-hydrogen) atoms. The first-order chi connectivity index (χ1) is 8.15. The summed E-state index contributed by atoms with van der Waals surface area (Å²) in [5.74, 6) is -0.212. The van der Waals surface area contributed by atoms with E-state index >= 15 is 0 Å². The van der Waals surface area contributed by atoms with Crippen molar-refractivity contribution in [3.05, 3.63) is 34.1 Å². The maximum absolute atomic E-state index is 13.1. The minimum absolute atomic E-state index is 0.212. The molecule has 1 aromatic carbocycles. The number of nitrogens with one attached hydrogen (secondary N) is 1. The summed E-state index contributed by atoms with van der Waals surface area (Å²) in [4.78, 5) is 0. The number of hydrogen-bond acceptors (Lipinski definition) is 1. The molecule has 0 radical (unpaired) electrons. The van der Waals surface area contributed by atoms with Crippen LogP contribution in [0.15, 0.2) is 22.7 Å². The zero-order chi connectivity index (χ0) is 12.3. The van der Waals surface area contributed by atoms with Crippen molar-refractivity contribution in [2.45, 2.75) is 43.6 Å². The molecule has 94 valence electrons. The van der Waals surface area contributed by atoms with Crippen molar-refractivity contribution in [1.82, 2.24) is 5.32 Å². The summed E-state index contributed by atoms with van der Waals surface area (Å²) in [5, 5.41) is 3.86. The predicted molar refractivity (Wildman–Crippen MR) is 72.8 cm³/mol. The molecule has 0 heterocycles. The highest BCUT2D eigenvalue weighted by molar-refractivity contribution is 9.10. The average molecular weight is 321 g/mol. The Bertz CT molecular complexity index is 378. The highest BCUT2D eigenvalue weighted by atomic mass is 79.9. The monoisotopic (exact) mass is 319 g/mol. The quantitative estimate of drug-likeness (QED) is 0.822. The summed E-state index contributed by atoms with van der Waals surface area (Å²) in [6.45, 7) is 0.788. The molecular formula is C13H16BrClFN. The fourth-order valence-electron chi connectivity index (χ4n) is 2.17. The zero-order valence-corrected chi connectivity index (χ0v) is 11.9. The topological polar surface area (TPSA) is 12.0 Å². The van der Waals surface area contributed by atoms with Crippen LogP contribution < -0.4 is 5.32 Å². The summed E-state index contributed by atoms with van der Waals surface area (Å²) in [7, 11) is 0. The van der Waals surface area contributed by atoms with Crippen molar-refractivity contribution in [1.29, 1.82) is 0 Å². The maximum atomic E-state index is 13.1. The van der Waals surface area contributed by atoms with Gasteiger partial charge in [-0.15, -0.1) is 11.6 Å². The highest BCUT2D eigenvalue weighted by Crippen LogP contribution is 2.23. The molecule has 4 heteroatoms. The Kier molecular flexibility index (Phi) is 4.83. The van der Waals surface area contributed by atoms with Crippen LogP contribution in [0.1, 0.15) is 31.2 Å². The fraction of sp³-hybridized carbons (Fsp3) is 0.538. The Morgan fingerprint density at radius 1 is 1.29 bits per heavy atom. The molecule has 1 fully saturated rings. The summed E-state index contributed by atoms with van der Waals surface area (Å²) in [6, 6.07) is 5.70. The lowest BCUT2D eigenvalue weighted by molar-refractivity contribution is 0.376. The van der Waals surface area contributed by atoms with E-state index in [1.807, 2.05) is 12.1 Å². The summed E-state index contributed by atoms with van der Waals surface area (Å²) >= 11 is 9.26. The standard InChI is InChI=1S/C13H16BrClFN/c14-12-7-9(1-6-13(12)16)8-17-11-4-2-10(15)3-5-11/h1,6-7,10-11,17H,2-5,8H2. The first-order valence-electron chi connectivity index (χ1n) is 5.96. The molecule has 1 aliphatic rings. The molecule has 1 nitrogen and oxygen atoms in total. The van der Waals surface area contributed by atoms with Crippen molar-refractivity contribution >= 4 is 27.5 Å². The molecule has 0 aliphatic heterocycles. The van der Waals surface area contributed by atoms with Gasteiger partial charge < -0.3 is 5.32 Å². The second-order valence-corrected chi connectivity index (χ2v) is 6.05. The SMILES string of the molecule is Fc1ccc(CNC2CCC(Cl)CC2)cc1Br. The normalized spacial score (nSPS) is 24.9. The van der Waals surface area contributed by atoms with Gasteiger partial charge in [0.1, 0.15) is 5.82 Å². The van der Waals surface area contributed by atoms with Crippen LogP contribution in [-0.2, 0) is 6.54 Å². The highest BCUT2D eigenvalue weighted by Gasteiger charge is 2.18. The van der Waals surface area contributed by atoms with Crippen molar-refractivity contribution in [2.24, 2.45) is 0 Å². The van der Waals surface area contributed by atoms with Gasteiger partial charge in [0.2, 0.25) is 0 Å². The van der Waals surface area contributed by atoms with E-state index in [1.165, 1.54) is 6.07 Å². The molecule has 0 atom stereocenters. The van der Waals surface area contributed by atoms with E-state index in [1.54, 1.807) is 0 Å². The largest absolute Gasteiger partial charge is 0.310 e. The molecule has 1 saturated carbocycles. The van der Waals surface area contributed by atoms with Crippen molar-refractivity contribution in [3.8, 4) is 0 Å². The van der Waals surface area contributed by atoms with Gasteiger partial charge in [0, 0.05) is 18.0 Å². The van der Waals surface area contributed by atoms with Gasteiger partial charge in [-0.05, 0) is 59.3 Å². The molecular weight excluding hydrogens is 305 g/mol. The molecule has 0 spiro atoms. The molecule has 1 N–H and O–H groups in total. The van der Waals surface area contributed by atoms with Gasteiger partial charge in [0.15, 0.2) is 0 Å². The number of rotatable bonds is 3. The summed E-state index contributed by atoms with van der Waals surface area (Å²) < 4.78 is 13.6. The third-order valence-electron chi connectivity index (χ3n) is 3.24. The van der Waals surface area contributed by atoms with Crippen LogP contribution in [0, 0.1) is 5.82 Å². The van der Waals surface area contributed by atoms with E-state index in [0.29, 0.717) is 15.9 Å². The Balaban J connectivity index is 1.83. The molecule has 1 aliphatic carbocycles. The number of alkyl halides is 1. The Morgan fingerprint density at radius 3 is 2.65 bits per heavy atom. The van der Waals surface area contributed by atoms with E-state index in [-0.39, 0.29) is 5.82 Å². The maximum Gasteiger partial charge on any atom is 0.137 e. The molecule has 0 aromatic heterocycles. The van der Waals surface area contributed by atoms with Crippen molar-refractivity contribution in [2.75, 3.05) is 0 Å². The third-order valence-corrected chi connectivity index (χ3v) is 4.28. The van der Waals surface area contributed by atoms with Crippen LogP contribution in [0.3, 0.4) is 0 Å². The average Bonchev–Trinajstić information content (AvgIpc) is 2.33. The molecule has 1 aromatic rings. The van der Waals surface area contributed by atoms with Gasteiger partial charge in [-0.2, -0.15) is 0 Å². The van der Waals surface area contributed by atoms with E-state index < -0.39 is 0 Å². The number of hydrogen-bond donors (Lipinski definition) is 1. The van der Waals surface area contributed by atoms with Crippen LogP contribution >= 0.6 is 27.5 Å². The smallest absolute Gasteiger partial charge is 0.137 e. The van der Waals surface area contributed by atoms with E-state index in [0.717, 1.165) is 37.8 Å². The second-order valence-electron chi connectivity index (χ2n) is 4.58.